The molecule has 3 rings (SSSR count). The smallest absolute Gasteiger partial charge is 0.267 e. The molecule has 6 heteroatoms. The lowest BCUT2D eigenvalue weighted by Gasteiger charge is -2.36. The summed E-state index contributed by atoms with van der Waals surface area (Å²) in [4.78, 5) is 20.4. The highest BCUT2D eigenvalue weighted by Crippen LogP contribution is 2.30. The first-order valence-corrected chi connectivity index (χ1v) is 8.93. The van der Waals surface area contributed by atoms with Gasteiger partial charge in [0.05, 0.1) is 19.9 Å². The molecule has 2 heterocycles. The molecule has 0 saturated carbocycles. The SMILES string of the molecule is CC[C@@H]1CCCCN1C(=O)[C@@H]1CC(c2cc(OC)ccc2OC)=NO1. The van der Waals surface area contributed by atoms with Crippen LogP contribution in [-0.2, 0) is 9.63 Å². The molecule has 2 atom stereocenters. The number of carbonyl (C=O) groups excluding carboxylic acids is 1. The van der Waals surface area contributed by atoms with Gasteiger partial charge in [-0.2, -0.15) is 0 Å². The molecule has 0 aliphatic carbocycles. The summed E-state index contributed by atoms with van der Waals surface area (Å²) in [6, 6.07) is 5.86. The van der Waals surface area contributed by atoms with Crippen LogP contribution in [0.3, 0.4) is 0 Å². The lowest BCUT2D eigenvalue weighted by Crippen LogP contribution is -2.48. The van der Waals surface area contributed by atoms with Crippen LogP contribution in [0, 0.1) is 0 Å². The van der Waals surface area contributed by atoms with E-state index in [1.807, 2.05) is 23.1 Å². The van der Waals surface area contributed by atoms with Crippen molar-refractivity contribution in [1.82, 2.24) is 4.90 Å². The monoisotopic (exact) mass is 346 g/mol. The molecule has 1 fully saturated rings. The van der Waals surface area contributed by atoms with Gasteiger partial charge in [-0.25, -0.2) is 0 Å². The van der Waals surface area contributed by atoms with Gasteiger partial charge in [0.25, 0.3) is 5.91 Å². The Morgan fingerprint density at radius 3 is 2.88 bits per heavy atom. The summed E-state index contributed by atoms with van der Waals surface area (Å²) >= 11 is 0. The van der Waals surface area contributed by atoms with Gasteiger partial charge < -0.3 is 19.2 Å². The van der Waals surface area contributed by atoms with Crippen LogP contribution >= 0.6 is 0 Å². The minimum atomic E-state index is -0.543. The van der Waals surface area contributed by atoms with E-state index in [4.69, 9.17) is 14.3 Å². The number of amides is 1. The van der Waals surface area contributed by atoms with Crippen molar-refractivity contribution in [2.75, 3.05) is 20.8 Å². The summed E-state index contributed by atoms with van der Waals surface area (Å²) in [6.07, 6.45) is 4.22. The largest absolute Gasteiger partial charge is 0.497 e. The number of nitrogens with zero attached hydrogens (tertiary/aromatic N) is 2. The number of benzene rings is 1. The zero-order chi connectivity index (χ0) is 17.8. The van der Waals surface area contributed by atoms with Crippen LogP contribution in [-0.4, -0.2) is 49.4 Å². The highest BCUT2D eigenvalue weighted by molar-refractivity contribution is 6.06. The number of ether oxygens (including phenoxy) is 2. The molecule has 1 amide bonds. The number of rotatable bonds is 5. The number of methoxy groups -OCH3 is 2. The summed E-state index contributed by atoms with van der Waals surface area (Å²) in [6.45, 7) is 2.95. The Bertz CT molecular complexity index is 659. The van der Waals surface area contributed by atoms with E-state index in [1.165, 1.54) is 6.42 Å². The molecule has 25 heavy (non-hydrogen) atoms. The minimum Gasteiger partial charge on any atom is -0.497 e. The highest BCUT2D eigenvalue weighted by Gasteiger charge is 2.36. The number of likely N-dealkylation sites (tertiary alicyclic amines) is 1. The second-order valence-electron chi connectivity index (χ2n) is 6.49. The van der Waals surface area contributed by atoms with Crippen molar-refractivity contribution >= 4 is 11.6 Å². The molecule has 0 spiro atoms. The van der Waals surface area contributed by atoms with Gasteiger partial charge in [-0.1, -0.05) is 12.1 Å². The van der Waals surface area contributed by atoms with Gasteiger partial charge in [0, 0.05) is 24.6 Å². The fraction of sp³-hybridized carbons (Fsp3) is 0.579. The fourth-order valence-corrected chi connectivity index (χ4v) is 3.61. The number of piperidine rings is 1. The lowest BCUT2D eigenvalue weighted by atomic mass is 9.97. The van der Waals surface area contributed by atoms with Crippen LogP contribution in [0.1, 0.15) is 44.6 Å². The van der Waals surface area contributed by atoms with Crippen LogP contribution in [0.15, 0.2) is 23.4 Å². The van der Waals surface area contributed by atoms with Gasteiger partial charge in [0.15, 0.2) is 0 Å². The van der Waals surface area contributed by atoms with Crippen molar-refractivity contribution < 1.29 is 19.1 Å². The van der Waals surface area contributed by atoms with Gasteiger partial charge in [0.2, 0.25) is 6.10 Å². The topological polar surface area (TPSA) is 60.4 Å². The standard InChI is InChI=1S/C19H26N2O4/c1-4-13-7-5-6-10-21(13)19(22)18-12-16(20-25-18)15-11-14(23-2)8-9-17(15)24-3/h8-9,11,13,18H,4-7,10,12H2,1-3H3/t13-,18+/m1/s1. The Kier molecular flexibility index (Phi) is 5.46. The minimum absolute atomic E-state index is 0.0483. The van der Waals surface area contributed by atoms with Crippen LogP contribution < -0.4 is 9.47 Å². The highest BCUT2D eigenvalue weighted by atomic mass is 16.6. The zero-order valence-corrected chi connectivity index (χ0v) is 15.2. The van der Waals surface area contributed by atoms with Crippen LogP contribution in [0.4, 0.5) is 0 Å². The predicted octanol–water partition coefficient (Wildman–Crippen LogP) is 2.99. The van der Waals surface area contributed by atoms with E-state index in [2.05, 4.69) is 12.1 Å². The molecule has 0 aromatic heterocycles. The summed E-state index contributed by atoms with van der Waals surface area (Å²) in [5.74, 6) is 1.46. The Balaban J connectivity index is 1.74. The van der Waals surface area contributed by atoms with E-state index in [1.54, 1.807) is 14.2 Å². The normalized spacial score (nSPS) is 23.0. The van der Waals surface area contributed by atoms with Gasteiger partial charge >= 0.3 is 0 Å². The van der Waals surface area contributed by atoms with E-state index >= 15 is 0 Å². The van der Waals surface area contributed by atoms with E-state index in [9.17, 15) is 4.79 Å². The maximum absolute atomic E-state index is 12.9. The quantitative estimate of drug-likeness (QED) is 0.822. The first-order valence-electron chi connectivity index (χ1n) is 8.93. The third kappa shape index (κ3) is 3.57. The number of hydrogen-bond acceptors (Lipinski definition) is 5. The second-order valence-corrected chi connectivity index (χ2v) is 6.49. The van der Waals surface area contributed by atoms with E-state index < -0.39 is 6.10 Å². The van der Waals surface area contributed by atoms with Crippen LogP contribution in [0.5, 0.6) is 11.5 Å². The molecule has 2 aliphatic heterocycles. The van der Waals surface area contributed by atoms with E-state index in [-0.39, 0.29) is 5.91 Å². The van der Waals surface area contributed by atoms with Crippen molar-refractivity contribution in [3.05, 3.63) is 23.8 Å². The molecule has 0 bridgehead atoms. The molecular weight excluding hydrogens is 320 g/mol. The fourth-order valence-electron chi connectivity index (χ4n) is 3.61. The van der Waals surface area contributed by atoms with Gasteiger partial charge in [-0.05, 0) is 43.9 Å². The molecule has 6 nitrogen and oxygen atoms in total. The Morgan fingerprint density at radius 2 is 2.16 bits per heavy atom. The Hall–Kier alpha value is -2.24. The maximum atomic E-state index is 12.9. The molecular formula is C19H26N2O4. The van der Waals surface area contributed by atoms with Crippen molar-refractivity contribution in [2.24, 2.45) is 5.16 Å². The molecule has 1 aromatic rings. The molecule has 1 aromatic carbocycles. The summed E-state index contributed by atoms with van der Waals surface area (Å²) in [5.41, 5.74) is 1.53. The third-order valence-electron chi connectivity index (χ3n) is 5.04. The van der Waals surface area contributed by atoms with Crippen molar-refractivity contribution in [3.8, 4) is 11.5 Å². The lowest BCUT2D eigenvalue weighted by molar-refractivity contribution is -0.146. The molecule has 2 aliphatic rings. The average molecular weight is 346 g/mol. The summed E-state index contributed by atoms with van der Waals surface area (Å²) < 4.78 is 10.7. The first kappa shape index (κ1) is 17.6. The number of hydrogen-bond donors (Lipinski definition) is 0. The Labute approximate surface area is 148 Å². The van der Waals surface area contributed by atoms with Crippen LogP contribution in [0.2, 0.25) is 0 Å². The average Bonchev–Trinajstić information content (AvgIpc) is 3.16. The van der Waals surface area contributed by atoms with Crippen LogP contribution in [0.25, 0.3) is 0 Å². The summed E-state index contributed by atoms with van der Waals surface area (Å²) in [5, 5.41) is 4.17. The molecule has 0 radical (unpaired) electrons. The predicted molar refractivity (Wildman–Crippen MR) is 95.2 cm³/mol. The van der Waals surface area contributed by atoms with E-state index in [0.29, 0.717) is 18.2 Å². The zero-order valence-electron chi connectivity index (χ0n) is 15.2. The number of carbonyl (C=O) groups is 1. The summed E-state index contributed by atoms with van der Waals surface area (Å²) in [7, 11) is 3.23. The molecule has 0 N–H and O–H groups in total. The Morgan fingerprint density at radius 1 is 1.32 bits per heavy atom. The van der Waals surface area contributed by atoms with Gasteiger partial charge in [-0.3, -0.25) is 4.79 Å². The van der Waals surface area contributed by atoms with Crippen molar-refractivity contribution in [1.29, 1.82) is 0 Å². The van der Waals surface area contributed by atoms with Gasteiger partial charge in [-0.15, -0.1) is 0 Å². The second kappa shape index (κ2) is 7.76. The number of oxime groups is 1. The maximum Gasteiger partial charge on any atom is 0.267 e. The molecule has 136 valence electrons. The first-order chi connectivity index (χ1) is 12.2. The van der Waals surface area contributed by atoms with Crippen molar-refractivity contribution in [3.63, 3.8) is 0 Å². The van der Waals surface area contributed by atoms with Crippen molar-refractivity contribution in [2.45, 2.75) is 51.2 Å². The third-order valence-corrected chi connectivity index (χ3v) is 5.04. The van der Waals surface area contributed by atoms with Gasteiger partial charge in [0.1, 0.15) is 11.5 Å². The van der Waals surface area contributed by atoms with E-state index in [0.717, 1.165) is 42.8 Å². The molecule has 0 unspecified atom stereocenters. The molecule has 1 saturated heterocycles.